The van der Waals surface area contributed by atoms with E-state index >= 15 is 0 Å². The molecule has 0 spiro atoms. The normalized spacial score (nSPS) is 13.2. The van der Waals surface area contributed by atoms with E-state index in [4.69, 9.17) is 11.0 Å². The van der Waals surface area contributed by atoms with Crippen LogP contribution >= 0.6 is 0 Å². The number of aromatic nitrogens is 3. The van der Waals surface area contributed by atoms with Gasteiger partial charge in [0.05, 0.1) is 17.3 Å². The fraction of sp³-hybridized carbons (Fsp3) is 0.174. The topological polar surface area (TPSA) is 100.0 Å². The van der Waals surface area contributed by atoms with E-state index in [0.717, 1.165) is 17.7 Å². The van der Waals surface area contributed by atoms with Gasteiger partial charge in [0.1, 0.15) is 11.6 Å². The Bertz CT molecular complexity index is 1400. The molecule has 0 saturated heterocycles. The van der Waals surface area contributed by atoms with Crippen LogP contribution in [-0.4, -0.2) is 21.1 Å². The molecule has 1 atom stereocenters. The van der Waals surface area contributed by atoms with Crippen molar-refractivity contribution >= 4 is 5.65 Å². The summed E-state index contributed by atoms with van der Waals surface area (Å²) < 4.78 is 29.2. The molecule has 0 aliphatic heterocycles. The summed E-state index contributed by atoms with van der Waals surface area (Å²) in [5, 5.41) is 12.0. The standard InChI is InChI=1S/C23H19F2N5O/c1-13-21(17-8-7-16(24)9-18(17)25)22-28-19(10-20(31)30(22)29-13)23(2,12-27)15-5-3-14(11-26)4-6-15/h3-10,29H,12,27H2,1-2H3. The van der Waals surface area contributed by atoms with Crippen molar-refractivity contribution in [3.8, 4) is 17.2 Å². The highest BCUT2D eigenvalue weighted by atomic mass is 19.1. The van der Waals surface area contributed by atoms with Crippen molar-refractivity contribution in [1.29, 1.82) is 5.26 Å². The minimum atomic E-state index is -0.828. The Morgan fingerprint density at radius 2 is 1.90 bits per heavy atom. The first-order chi connectivity index (χ1) is 14.8. The molecule has 2 aromatic heterocycles. The predicted molar refractivity (Wildman–Crippen MR) is 113 cm³/mol. The average molecular weight is 419 g/mol. The Morgan fingerprint density at radius 3 is 2.52 bits per heavy atom. The third-order valence-corrected chi connectivity index (χ3v) is 5.62. The van der Waals surface area contributed by atoms with Gasteiger partial charge in [-0.05, 0) is 43.7 Å². The molecular weight excluding hydrogens is 400 g/mol. The van der Waals surface area contributed by atoms with Crippen LogP contribution in [0.5, 0.6) is 0 Å². The lowest BCUT2D eigenvalue weighted by Crippen LogP contribution is -2.35. The molecule has 1 unspecified atom stereocenters. The van der Waals surface area contributed by atoms with E-state index in [0.29, 0.717) is 22.5 Å². The number of hydrogen-bond donors (Lipinski definition) is 2. The molecule has 0 amide bonds. The van der Waals surface area contributed by atoms with Gasteiger partial charge in [0, 0.05) is 40.9 Å². The molecule has 0 fully saturated rings. The Balaban J connectivity index is 1.97. The first kappa shape index (κ1) is 20.4. The van der Waals surface area contributed by atoms with E-state index in [2.05, 4.69) is 16.2 Å². The third kappa shape index (κ3) is 3.29. The summed E-state index contributed by atoms with van der Waals surface area (Å²) in [5.74, 6) is -1.45. The van der Waals surface area contributed by atoms with Crippen molar-refractivity contribution in [2.75, 3.05) is 6.54 Å². The van der Waals surface area contributed by atoms with Crippen LogP contribution in [0.4, 0.5) is 8.78 Å². The molecule has 0 aliphatic carbocycles. The molecule has 0 saturated carbocycles. The van der Waals surface area contributed by atoms with Crippen molar-refractivity contribution in [3.05, 3.63) is 93.0 Å². The largest absolute Gasteiger partial charge is 0.329 e. The summed E-state index contributed by atoms with van der Waals surface area (Å²) in [6.07, 6.45) is 0. The maximum Gasteiger partial charge on any atom is 0.272 e. The second-order valence-electron chi connectivity index (χ2n) is 7.60. The number of H-pyrrole nitrogens is 1. The SMILES string of the molecule is Cc1[nH]n2c(=O)cc(C(C)(CN)c3ccc(C#N)cc3)nc2c1-c1ccc(F)cc1F. The van der Waals surface area contributed by atoms with Crippen molar-refractivity contribution < 1.29 is 8.78 Å². The summed E-state index contributed by atoms with van der Waals surface area (Å²) in [7, 11) is 0. The highest BCUT2D eigenvalue weighted by Gasteiger charge is 2.31. The van der Waals surface area contributed by atoms with Crippen LogP contribution in [0.1, 0.15) is 29.4 Å². The van der Waals surface area contributed by atoms with E-state index < -0.39 is 17.0 Å². The van der Waals surface area contributed by atoms with Crippen LogP contribution < -0.4 is 11.3 Å². The molecule has 2 heterocycles. The van der Waals surface area contributed by atoms with Gasteiger partial charge in [0.25, 0.3) is 5.56 Å². The van der Waals surface area contributed by atoms with Gasteiger partial charge in [-0.25, -0.2) is 18.3 Å². The lowest BCUT2D eigenvalue weighted by molar-refractivity contribution is 0.563. The van der Waals surface area contributed by atoms with E-state index in [-0.39, 0.29) is 23.3 Å². The van der Waals surface area contributed by atoms with Crippen molar-refractivity contribution in [2.45, 2.75) is 19.3 Å². The van der Waals surface area contributed by atoms with Gasteiger partial charge in [-0.3, -0.25) is 9.89 Å². The molecule has 0 bridgehead atoms. The first-order valence-electron chi connectivity index (χ1n) is 9.57. The molecule has 31 heavy (non-hydrogen) atoms. The summed E-state index contributed by atoms with van der Waals surface area (Å²) in [4.78, 5) is 17.6. The Morgan fingerprint density at radius 1 is 1.19 bits per heavy atom. The Labute approximate surface area is 176 Å². The van der Waals surface area contributed by atoms with Gasteiger partial charge in [0.2, 0.25) is 0 Å². The maximum atomic E-state index is 14.5. The number of aryl methyl sites for hydroxylation is 1. The summed E-state index contributed by atoms with van der Waals surface area (Å²) >= 11 is 0. The molecule has 6 nitrogen and oxygen atoms in total. The van der Waals surface area contributed by atoms with Crippen LogP contribution in [0, 0.1) is 29.9 Å². The lowest BCUT2D eigenvalue weighted by Gasteiger charge is -2.28. The van der Waals surface area contributed by atoms with Crippen LogP contribution in [0.15, 0.2) is 53.3 Å². The zero-order chi connectivity index (χ0) is 22.3. The molecule has 0 aliphatic rings. The van der Waals surface area contributed by atoms with Gasteiger partial charge in [0.15, 0.2) is 5.65 Å². The number of nitrogens with one attached hydrogen (secondary N) is 1. The number of fused-ring (bicyclic) bond motifs is 1. The summed E-state index contributed by atoms with van der Waals surface area (Å²) in [6.45, 7) is 3.68. The zero-order valence-corrected chi connectivity index (χ0v) is 16.9. The lowest BCUT2D eigenvalue weighted by atomic mass is 9.79. The summed E-state index contributed by atoms with van der Waals surface area (Å²) in [5.41, 5.74) is 7.83. The Kier molecular flexibility index (Phi) is 4.91. The van der Waals surface area contributed by atoms with E-state index in [9.17, 15) is 13.6 Å². The monoisotopic (exact) mass is 419 g/mol. The van der Waals surface area contributed by atoms with Crippen molar-refractivity contribution in [3.63, 3.8) is 0 Å². The number of rotatable bonds is 4. The number of hydrogen-bond acceptors (Lipinski definition) is 4. The van der Waals surface area contributed by atoms with Gasteiger partial charge in [-0.15, -0.1) is 0 Å². The van der Waals surface area contributed by atoms with Gasteiger partial charge in [-0.1, -0.05) is 12.1 Å². The Hall–Kier alpha value is -3.83. The number of nitrogens with two attached hydrogens (primary N) is 1. The minimum Gasteiger partial charge on any atom is -0.329 e. The van der Waals surface area contributed by atoms with Crippen LogP contribution in [-0.2, 0) is 5.41 Å². The molecule has 4 rings (SSSR count). The molecule has 156 valence electrons. The molecule has 8 heteroatoms. The number of benzene rings is 2. The average Bonchev–Trinajstić information content (AvgIpc) is 3.10. The second kappa shape index (κ2) is 7.45. The number of nitrogens with zero attached hydrogens (tertiary/aromatic N) is 3. The van der Waals surface area contributed by atoms with E-state index in [1.807, 2.05) is 6.92 Å². The fourth-order valence-corrected chi connectivity index (χ4v) is 3.73. The fourth-order valence-electron chi connectivity index (χ4n) is 3.73. The minimum absolute atomic E-state index is 0.134. The zero-order valence-electron chi connectivity index (χ0n) is 16.9. The van der Waals surface area contributed by atoms with Crippen LogP contribution in [0.25, 0.3) is 16.8 Å². The third-order valence-electron chi connectivity index (χ3n) is 5.62. The molecule has 3 N–H and O–H groups in total. The predicted octanol–water partition coefficient (Wildman–Crippen LogP) is 3.41. The molecule has 4 aromatic rings. The second-order valence-corrected chi connectivity index (χ2v) is 7.60. The number of nitriles is 1. The highest BCUT2D eigenvalue weighted by molar-refractivity contribution is 5.80. The molecular formula is C23H19F2N5O. The van der Waals surface area contributed by atoms with Crippen molar-refractivity contribution in [1.82, 2.24) is 14.6 Å². The highest BCUT2D eigenvalue weighted by Crippen LogP contribution is 2.33. The molecule has 0 radical (unpaired) electrons. The number of aromatic amines is 1. The quantitative estimate of drug-likeness (QED) is 0.529. The molecule has 2 aromatic carbocycles. The summed E-state index contributed by atoms with van der Waals surface area (Å²) in [6, 6.07) is 13.6. The van der Waals surface area contributed by atoms with Gasteiger partial charge >= 0.3 is 0 Å². The van der Waals surface area contributed by atoms with Crippen LogP contribution in [0.2, 0.25) is 0 Å². The van der Waals surface area contributed by atoms with Gasteiger partial charge in [-0.2, -0.15) is 5.26 Å². The van der Waals surface area contributed by atoms with Crippen LogP contribution in [0.3, 0.4) is 0 Å². The van der Waals surface area contributed by atoms with E-state index in [1.54, 1.807) is 31.2 Å². The first-order valence-corrected chi connectivity index (χ1v) is 9.57. The number of halogens is 2. The maximum absolute atomic E-state index is 14.5. The van der Waals surface area contributed by atoms with E-state index in [1.165, 1.54) is 16.6 Å². The smallest absolute Gasteiger partial charge is 0.272 e. The van der Waals surface area contributed by atoms with Gasteiger partial charge < -0.3 is 5.73 Å². The van der Waals surface area contributed by atoms with Crippen molar-refractivity contribution in [2.24, 2.45) is 5.73 Å².